The van der Waals surface area contributed by atoms with Gasteiger partial charge in [-0.15, -0.1) is 0 Å². The topological polar surface area (TPSA) is 35.5 Å². The zero-order valence-electron chi connectivity index (χ0n) is 11.2. The van der Waals surface area contributed by atoms with Crippen LogP contribution in [-0.2, 0) is 9.53 Å². The van der Waals surface area contributed by atoms with E-state index in [9.17, 15) is 4.79 Å². The van der Waals surface area contributed by atoms with Crippen LogP contribution >= 0.6 is 0 Å². The highest BCUT2D eigenvalue weighted by molar-refractivity contribution is 5.87. The molecule has 0 amide bonds. The van der Waals surface area contributed by atoms with E-state index in [1.165, 1.54) is 6.08 Å². The molecule has 1 aromatic carbocycles. The highest BCUT2D eigenvalue weighted by Crippen LogP contribution is 2.14. The van der Waals surface area contributed by atoms with E-state index < -0.39 is 0 Å². The van der Waals surface area contributed by atoms with Crippen LogP contribution in [0.15, 0.2) is 30.3 Å². The Morgan fingerprint density at radius 2 is 2.17 bits per heavy atom. The Kier molecular flexibility index (Phi) is 5.98. The van der Waals surface area contributed by atoms with Crippen molar-refractivity contribution in [2.75, 3.05) is 6.61 Å². The lowest BCUT2D eigenvalue weighted by atomic mass is 10.2. The number of rotatable bonds is 6. The van der Waals surface area contributed by atoms with Crippen LogP contribution in [0.4, 0.5) is 0 Å². The molecule has 18 heavy (non-hydrogen) atoms. The molecule has 0 fully saturated rings. The Hall–Kier alpha value is -1.77. The first-order chi connectivity index (χ1) is 8.65. The van der Waals surface area contributed by atoms with Crippen molar-refractivity contribution in [2.45, 2.75) is 33.3 Å². The number of benzene rings is 1. The molecule has 3 nitrogen and oxygen atoms in total. The summed E-state index contributed by atoms with van der Waals surface area (Å²) < 4.78 is 10.5. The Morgan fingerprint density at radius 3 is 2.83 bits per heavy atom. The van der Waals surface area contributed by atoms with Crippen molar-refractivity contribution < 1.29 is 14.3 Å². The van der Waals surface area contributed by atoms with Crippen LogP contribution < -0.4 is 4.74 Å². The van der Waals surface area contributed by atoms with Gasteiger partial charge in [-0.05, 0) is 44.0 Å². The van der Waals surface area contributed by atoms with Gasteiger partial charge >= 0.3 is 5.97 Å². The summed E-state index contributed by atoms with van der Waals surface area (Å²) in [6, 6.07) is 7.58. The summed E-state index contributed by atoms with van der Waals surface area (Å²) >= 11 is 0. The number of esters is 1. The van der Waals surface area contributed by atoms with Gasteiger partial charge in [0, 0.05) is 6.08 Å². The number of ether oxygens (including phenoxy) is 2. The van der Waals surface area contributed by atoms with Gasteiger partial charge in [0.05, 0.1) is 12.7 Å². The third-order valence-corrected chi connectivity index (χ3v) is 2.47. The van der Waals surface area contributed by atoms with E-state index in [2.05, 4.69) is 0 Å². The summed E-state index contributed by atoms with van der Waals surface area (Å²) in [4.78, 5) is 11.5. The fraction of sp³-hybridized carbons (Fsp3) is 0.400. The lowest BCUT2D eigenvalue weighted by Gasteiger charge is -2.08. The lowest BCUT2D eigenvalue weighted by molar-refractivity contribution is -0.142. The molecule has 1 aromatic rings. The van der Waals surface area contributed by atoms with Crippen LogP contribution in [0, 0.1) is 0 Å². The van der Waals surface area contributed by atoms with E-state index in [4.69, 9.17) is 9.47 Å². The molecule has 0 bridgehead atoms. The summed E-state index contributed by atoms with van der Waals surface area (Å²) in [6.07, 6.45) is 3.95. The minimum absolute atomic E-state index is 0.0445. The normalized spacial score (nSPS) is 12.4. The van der Waals surface area contributed by atoms with Crippen molar-refractivity contribution in [3.8, 4) is 5.75 Å². The van der Waals surface area contributed by atoms with Crippen molar-refractivity contribution in [3.05, 3.63) is 35.9 Å². The van der Waals surface area contributed by atoms with Crippen LogP contribution in [0.3, 0.4) is 0 Å². The highest BCUT2D eigenvalue weighted by atomic mass is 16.5. The van der Waals surface area contributed by atoms with E-state index >= 15 is 0 Å². The number of hydrogen-bond acceptors (Lipinski definition) is 3. The molecule has 1 atom stereocenters. The molecule has 1 unspecified atom stereocenters. The number of hydrogen-bond donors (Lipinski definition) is 0. The largest absolute Gasteiger partial charge is 0.494 e. The number of carbonyl (C=O) groups is 1. The van der Waals surface area contributed by atoms with Crippen molar-refractivity contribution in [1.29, 1.82) is 0 Å². The summed E-state index contributed by atoms with van der Waals surface area (Å²) in [5, 5.41) is 0. The molecule has 0 spiro atoms. The number of carbonyl (C=O) groups excluding carboxylic acids is 1. The third kappa shape index (κ3) is 5.04. The molecule has 0 aliphatic heterocycles. The molecule has 0 aliphatic rings. The monoisotopic (exact) mass is 248 g/mol. The predicted molar refractivity (Wildman–Crippen MR) is 72.5 cm³/mol. The molecule has 3 heteroatoms. The molecule has 0 aliphatic carbocycles. The van der Waals surface area contributed by atoms with Gasteiger partial charge in [-0.1, -0.05) is 19.1 Å². The smallest absolute Gasteiger partial charge is 0.331 e. The third-order valence-electron chi connectivity index (χ3n) is 2.47. The maximum atomic E-state index is 11.5. The average Bonchev–Trinajstić information content (AvgIpc) is 2.37. The summed E-state index contributed by atoms with van der Waals surface area (Å²) in [5.74, 6) is 0.487. The predicted octanol–water partition coefficient (Wildman–Crippen LogP) is 3.44. The molecule has 1 rings (SSSR count). The molecule has 0 N–H and O–H groups in total. The van der Waals surface area contributed by atoms with Crippen molar-refractivity contribution in [2.24, 2.45) is 0 Å². The quantitative estimate of drug-likeness (QED) is 0.571. The van der Waals surface area contributed by atoms with Gasteiger partial charge in [0.15, 0.2) is 0 Å². The van der Waals surface area contributed by atoms with Gasteiger partial charge in [0.1, 0.15) is 5.75 Å². The second-order valence-corrected chi connectivity index (χ2v) is 3.99. The molecular weight excluding hydrogens is 228 g/mol. The fourth-order valence-electron chi connectivity index (χ4n) is 1.36. The van der Waals surface area contributed by atoms with E-state index in [1.54, 1.807) is 6.08 Å². The Bertz CT molecular complexity index is 410. The fourth-order valence-corrected chi connectivity index (χ4v) is 1.36. The second-order valence-electron chi connectivity index (χ2n) is 3.99. The first-order valence-electron chi connectivity index (χ1n) is 6.27. The van der Waals surface area contributed by atoms with Crippen LogP contribution in [0.25, 0.3) is 6.08 Å². The van der Waals surface area contributed by atoms with Gasteiger partial charge in [0.25, 0.3) is 0 Å². The van der Waals surface area contributed by atoms with Crippen LogP contribution in [0.2, 0.25) is 0 Å². The van der Waals surface area contributed by atoms with Crippen molar-refractivity contribution in [3.63, 3.8) is 0 Å². The zero-order valence-corrected chi connectivity index (χ0v) is 11.2. The molecule has 0 radical (unpaired) electrons. The van der Waals surface area contributed by atoms with E-state index in [0.717, 1.165) is 17.7 Å². The molecule has 0 aromatic heterocycles. The summed E-state index contributed by atoms with van der Waals surface area (Å²) in [7, 11) is 0. The Labute approximate surface area is 108 Å². The maximum Gasteiger partial charge on any atom is 0.331 e. The van der Waals surface area contributed by atoms with Gasteiger partial charge in [-0.25, -0.2) is 4.79 Å². The Morgan fingerprint density at radius 1 is 1.39 bits per heavy atom. The first kappa shape index (κ1) is 14.3. The zero-order chi connectivity index (χ0) is 13.4. The van der Waals surface area contributed by atoms with Crippen LogP contribution in [0.1, 0.15) is 32.8 Å². The van der Waals surface area contributed by atoms with Gasteiger partial charge in [-0.2, -0.15) is 0 Å². The van der Waals surface area contributed by atoms with Crippen LogP contribution in [-0.4, -0.2) is 18.7 Å². The van der Waals surface area contributed by atoms with Gasteiger partial charge in [-0.3, -0.25) is 0 Å². The second kappa shape index (κ2) is 7.54. The molecule has 0 heterocycles. The van der Waals surface area contributed by atoms with E-state index in [1.807, 2.05) is 45.0 Å². The minimum atomic E-state index is -0.314. The first-order valence-corrected chi connectivity index (χ1v) is 6.27. The van der Waals surface area contributed by atoms with Gasteiger partial charge < -0.3 is 9.47 Å². The minimum Gasteiger partial charge on any atom is -0.494 e. The standard InChI is InChI=1S/C15H20O3/c1-4-12(3)18-15(16)10-9-13-7-6-8-14(11-13)17-5-2/h6-12H,4-5H2,1-3H3. The van der Waals surface area contributed by atoms with E-state index in [0.29, 0.717) is 6.61 Å². The molecule has 0 saturated carbocycles. The summed E-state index contributed by atoms with van der Waals surface area (Å²) in [5.41, 5.74) is 0.919. The SMILES string of the molecule is CCOc1cccc(C=CC(=O)OC(C)CC)c1. The average molecular weight is 248 g/mol. The van der Waals surface area contributed by atoms with E-state index in [-0.39, 0.29) is 12.1 Å². The summed E-state index contributed by atoms with van der Waals surface area (Å²) in [6.45, 7) is 6.42. The van der Waals surface area contributed by atoms with Crippen LogP contribution in [0.5, 0.6) is 5.75 Å². The van der Waals surface area contributed by atoms with Gasteiger partial charge in [0.2, 0.25) is 0 Å². The van der Waals surface area contributed by atoms with Crippen molar-refractivity contribution in [1.82, 2.24) is 0 Å². The van der Waals surface area contributed by atoms with Crippen molar-refractivity contribution >= 4 is 12.0 Å². The Balaban J connectivity index is 2.60. The lowest BCUT2D eigenvalue weighted by Crippen LogP contribution is -2.11. The maximum absolute atomic E-state index is 11.5. The molecular formula is C15H20O3. The molecule has 0 saturated heterocycles. The molecule has 98 valence electrons. The highest BCUT2D eigenvalue weighted by Gasteiger charge is 2.03.